The lowest BCUT2D eigenvalue weighted by molar-refractivity contribution is -0.123. The molecule has 1 fully saturated rings. The summed E-state index contributed by atoms with van der Waals surface area (Å²) in [5, 5.41) is 0. The van der Waals surface area contributed by atoms with Crippen LogP contribution in [0.1, 0.15) is 45.5 Å². The number of hydrogen-bond acceptors (Lipinski definition) is 3. The number of anilines is 1. The predicted molar refractivity (Wildman–Crippen MR) is 98.1 cm³/mol. The van der Waals surface area contributed by atoms with E-state index in [1.807, 2.05) is 19.1 Å². The number of hydrogen-bond donors (Lipinski definition) is 0. The maximum absolute atomic E-state index is 13.3. The molecule has 5 heteroatoms. The summed E-state index contributed by atoms with van der Waals surface area (Å²) >= 11 is 0. The zero-order chi connectivity index (χ0) is 18.3. The molecule has 0 aromatic heterocycles. The first kappa shape index (κ1) is 16.5. The standard InChI is InChI=1S/C21H20N2O3/c1-14-8-2-3-9-15(14)20(25)23-17-11-5-4-10-16(17)19(24)22-13-7-6-12-18(22)21(23)26/h2-5,8-11,18H,6-7,12-13H2,1H3/t18-/m0/s1. The van der Waals surface area contributed by atoms with Crippen molar-refractivity contribution in [2.75, 3.05) is 11.4 Å². The van der Waals surface area contributed by atoms with Crippen molar-refractivity contribution < 1.29 is 14.4 Å². The van der Waals surface area contributed by atoms with Crippen LogP contribution in [-0.4, -0.2) is 35.2 Å². The third kappa shape index (κ3) is 2.51. The van der Waals surface area contributed by atoms with E-state index in [1.165, 1.54) is 4.90 Å². The Morgan fingerprint density at radius 1 is 1.00 bits per heavy atom. The SMILES string of the molecule is Cc1ccccc1C(=O)N1C(=O)[C@@H]2CCCCN2C(=O)c2ccccc21. The number of para-hydroxylation sites is 1. The van der Waals surface area contributed by atoms with E-state index in [1.54, 1.807) is 41.3 Å². The second-order valence-electron chi connectivity index (χ2n) is 6.82. The average Bonchev–Trinajstić information content (AvgIpc) is 2.76. The van der Waals surface area contributed by atoms with E-state index < -0.39 is 6.04 Å². The minimum atomic E-state index is -0.573. The number of nitrogens with zero attached hydrogens (tertiary/aromatic N) is 2. The summed E-state index contributed by atoms with van der Waals surface area (Å²) in [6.07, 6.45) is 2.35. The zero-order valence-electron chi connectivity index (χ0n) is 14.6. The number of carbonyl (C=O) groups excluding carboxylic acids is 3. The van der Waals surface area contributed by atoms with Gasteiger partial charge in [0, 0.05) is 12.1 Å². The summed E-state index contributed by atoms with van der Waals surface area (Å²) < 4.78 is 0. The molecule has 132 valence electrons. The first-order chi connectivity index (χ1) is 12.6. The quantitative estimate of drug-likeness (QED) is 0.744. The highest BCUT2D eigenvalue weighted by atomic mass is 16.2. The lowest BCUT2D eigenvalue weighted by Gasteiger charge is -2.34. The summed E-state index contributed by atoms with van der Waals surface area (Å²) in [7, 11) is 0. The Bertz CT molecular complexity index is 906. The molecule has 0 unspecified atom stereocenters. The van der Waals surface area contributed by atoms with Crippen molar-refractivity contribution in [2.24, 2.45) is 0 Å². The molecule has 0 N–H and O–H groups in total. The second kappa shape index (κ2) is 6.41. The Labute approximate surface area is 152 Å². The molecule has 2 aromatic rings. The molecule has 0 bridgehead atoms. The van der Waals surface area contributed by atoms with Crippen LogP contribution < -0.4 is 4.90 Å². The molecule has 2 aliphatic heterocycles. The molecular weight excluding hydrogens is 328 g/mol. The fourth-order valence-electron chi connectivity index (χ4n) is 3.85. The number of fused-ring (bicyclic) bond motifs is 2. The first-order valence-electron chi connectivity index (χ1n) is 8.93. The van der Waals surface area contributed by atoms with E-state index >= 15 is 0 Å². The largest absolute Gasteiger partial charge is 0.327 e. The van der Waals surface area contributed by atoms with Crippen LogP contribution in [0, 0.1) is 6.92 Å². The smallest absolute Gasteiger partial charge is 0.265 e. The molecule has 2 aromatic carbocycles. The monoisotopic (exact) mass is 348 g/mol. The van der Waals surface area contributed by atoms with Gasteiger partial charge in [-0.25, -0.2) is 4.90 Å². The molecule has 0 aliphatic carbocycles. The van der Waals surface area contributed by atoms with Gasteiger partial charge in [-0.2, -0.15) is 0 Å². The van der Waals surface area contributed by atoms with E-state index in [0.29, 0.717) is 29.8 Å². The number of benzene rings is 2. The van der Waals surface area contributed by atoms with Gasteiger partial charge in [-0.1, -0.05) is 30.3 Å². The maximum atomic E-state index is 13.3. The zero-order valence-corrected chi connectivity index (χ0v) is 14.6. The molecule has 1 saturated heterocycles. The van der Waals surface area contributed by atoms with Gasteiger partial charge < -0.3 is 4.90 Å². The van der Waals surface area contributed by atoms with Gasteiger partial charge in [-0.15, -0.1) is 0 Å². The van der Waals surface area contributed by atoms with Crippen molar-refractivity contribution in [1.82, 2.24) is 4.90 Å². The Morgan fingerprint density at radius 3 is 2.54 bits per heavy atom. The summed E-state index contributed by atoms with van der Waals surface area (Å²) in [6, 6.07) is 13.5. The van der Waals surface area contributed by atoms with Crippen LogP contribution in [0.5, 0.6) is 0 Å². The average molecular weight is 348 g/mol. The molecule has 1 atom stereocenters. The summed E-state index contributed by atoms with van der Waals surface area (Å²) in [5.41, 5.74) is 2.07. The van der Waals surface area contributed by atoms with Gasteiger partial charge in [0.05, 0.1) is 11.3 Å². The van der Waals surface area contributed by atoms with Crippen molar-refractivity contribution in [3.8, 4) is 0 Å². The van der Waals surface area contributed by atoms with E-state index in [0.717, 1.165) is 18.4 Å². The van der Waals surface area contributed by atoms with E-state index in [2.05, 4.69) is 0 Å². The van der Waals surface area contributed by atoms with Crippen LogP contribution in [0.2, 0.25) is 0 Å². The van der Waals surface area contributed by atoms with Crippen molar-refractivity contribution >= 4 is 23.4 Å². The molecule has 0 saturated carbocycles. The molecule has 3 amide bonds. The van der Waals surface area contributed by atoms with Gasteiger partial charge in [-0.05, 0) is 49.9 Å². The van der Waals surface area contributed by atoms with Gasteiger partial charge >= 0.3 is 0 Å². The number of amides is 3. The van der Waals surface area contributed by atoms with Crippen LogP contribution in [0.25, 0.3) is 0 Å². The van der Waals surface area contributed by atoms with Crippen LogP contribution in [0.3, 0.4) is 0 Å². The maximum Gasteiger partial charge on any atom is 0.265 e. The molecule has 4 rings (SSSR count). The number of imide groups is 1. The van der Waals surface area contributed by atoms with Gasteiger partial charge in [0.15, 0.2) is 0 Å². The van der Waals surface area contributed by atoms with Gasteiger partial charge in [0.1, 0.15) is 6.04 Å². The van der Waals surface area contributed by atoms with Crippen LogP contribution in [0.4, 0.5) is 5.69 Å². The molecule has 26 heavy (non-hydrogen) atoms. The van der Waals surface area contributed by atoms with E-state index in [4.69, 9.17) is 0 Å². The summed E-state index contributed by atoms with van der Waals surface area (Å²) in [6.45, 7) is 2.40. The van der Waals surface area contributed by atoms with Crippen LogP contribution >= 0.6 is 0 Å². The Morgan fingerprint density at radius 2 is 1.73 bits per heavy atom. The molecule has 5 nitrogen and oxygen atoms in total. The van der Waals surface area contributed by atoms with E-state index in [-0.39, 0.29) is 17.7 Å². The fourth-order valence-corrected chi connectivity index (χ4v) is 3.85. The minimum absolute atomic E-state index is 0.168. The van der Waals surface area contributed by atoms with E-state index in [9.17, 15) is 14.4 Å². The Balaban J connectivity index is 1.88. The summed E-state index contributed by atoms with van der Waals surface area (Å²) in [4.78, 5) is 42.5. The van der Waals surface area contributed by atoms with Gasteiger partial charge in [0.2, 0.25) is 0 Å². The number of carbonyl (C=O) groups is 3. The topological polar surface area (TPSA) is 57.7 Å². The van der Waals surface area contributed by atoms with Crippen molar-refractivity contribution in [1.29, 1.82) is 0 Å². The molecule has 2 heterocycles. The van der Waals surface area contributed by atoms with Crippen molar-refractivity contribution in [2.45, 2.75) is 32.2 Å². The fraction of sp³-hybridized carbons (Fsp3) is 0.286. The normalized spacial score (nSPS) is 19.7. The third-order valence-corrected chi connectivity index (χ3v) is 5.22. The molecular formula is C21H20N2O3. The number of piperidine rings is 1. The highest BCUT2D eigenvalue weighted by Gasteiger charge is 2.43. The van der Waals surface area contributed by atoms with Gasteiger partial charge in [0.25, 0.3) is 17.7 Å². The highest BCUT2D eigenvalue weighted by Crippen LogP contribution is 2.33. The Kier molecular flexibility index (Phi) is 4.07. The molecule has 0 radical (unpaired) electrons. The summed E-state index contributed by atoms with van der Waals surface area (Å²) in [5.74, 6) is -0.851. The Hall–Kier alpha value is -2.95. The molecule has 2 aliphatic rings. The molecule has 0 spiro atoms. The first-order valence-corrected chi connectivity index (χ1v) is 8.93. The number of rotatable bonds is 1. The highest BCUT2D eigenvalue weighted by molar-refractivity contribution is 6.26. The van der Waals surface area contributed by atoms with Gasteiger partial charge in [-0.3, -0.25) is 14.4 Å². The van der Waals surface area contributed by atoms with Crippen molar-refractivity contribution in [3.63, 3.8) is 0 Å². The minimum Gasteiger partial charge on any atom is -0.327 e. The van der Waals surface area contributed by atoms with Crippen LogP contribution in [-0.2, 0) is 4.79 Å². The number of aryl methyl sites for hydroxylation is 1. The predicted octanol–water partition coefficient (Wildman–Crippen LogP) is 3.18. The second-order valence-corrected chi connectivity index (χ2v) is 6.82. The van der Waals surface area contributed by atoms with Crippen molar-refractivity contribution in [3.05, 3.63) is 65.2 Å². The lowest BCUT2D eigenvalue weighted by atomic mass is 10.0. The lowest BCUT2D eigenvalue weighted by Crippen LogP contribution is -2.52. The third-order valence-electron chi connectivity index (χ3n) is 5.22. The van der Waals surface area contributed by atoms with Crippen LogP contribution in [0.15, 0.2) is 48.5 Å².